The Morgan fingerprint density at radius 3 is 2.53 bits per heavy atom. The Morgan fingerprint density at radius 2 is 1.80 bits per heavy atom. The first-order valence-corrected chi connectivity index (χ1v) is 9.70. The Labute approximate surface area is 173 Å². The third-order valence-electron chi connectivity index (χ3n) is 4.48. The van der Waals surface area contributed by atoms with E-state index in [1.54, 1.807) is 24.3 Å². The average Bonchev–Trinajstić information content (AvgIpc) is 3.32. The zero-order valence-corrected chi connectivity index (χ0v) is 16.1. The molecular formula is C21H14F2N2O4S. The van der Waals surface area contributed by atoms with Crippen LogP contribution in [-0.4, -0.2) is 28.4 Å². The Bertz CT molecular complexity index is 1130. The fraction of sp³-hybridized carbons (Fsp3) is 0.0952. The number of thioether (sulfide) groups is 1. The first-order chi connectivity index (χ1) is 14.4. The molecule has 1 aliphatic rings. The lowest BCUT2D eigenvalue weighted by molar-refractivity contribution is 0.0631. The molecule has 0 unspecified atom stereocenters. The quantitative estimate of drug-likeness (QED) is 0.457. The third kappa shape index (κ3) is 3.84. The Morgan fingerprint density at radius 1 is 1.03 bits per heavy atom. The summed E-state index contributed by atoms with van der Waals surface area (Å²) in [6.07, 6.45) is 1.44. The number of benzene rings is 2. The molecule has 2 aromatic carbocycles. The van der Waals surface area contributed by atoms with Crippen LogP contribution in [-0.2, 0) is 6.54 Å². The van der Waals surface area contributed by atoms with Crippen LogP contribution in [0.15, 0.2) is 70.2 Å². The molecular weight excluding hydrogens is 414 g/mol. The number of halogens is 2. The molecule has 30 heavy (non-hydrogen) atoms. The van der Waals surface area contributed by atoms with Crippen LogP contribution >= 0.6 is 11.8 Å². The van der Waals surface area contributed by atoms with Gasteiger partial charge in [0.05, 0.1) is 29.6 Å². The van der Waals surface area contributed by atoms with Crippen molar-refractivity contribution in [3.8, 4) is 0 Å². The lowest BCUT2D eigenvalue weighted by Gasteiger charge is -2.11. The molecule has 0 saturated heterocycles. The fourth-order valence-electron chi connectivity index (χ4n) is 3.10. The Kier molecular flexibility index (Phi) is 5.37. The van der Waals surface area contributed by atoms with Gasteiger partial charge in [-0.1, -0.05) is 23.9 Å². The lowest BCUT2D eigenvalue weighted by Crippen LogP contribution is -2.28. The van der Waals surface area contributed by atoms with Crippen molar-refractivity contribution in [2.75, 3.05) is 5.32 Å². The maximum absolute atomic E-state index is 12.7. The average molecular weight is 428 g/mol. The van der Waals surface area contributed by atoms with E-state index in [4.69, 9.17) is 4.42 Å². The molecule has 2 heterocycles. The maximum atomic E-state index is 12.7. The van der Waals surface area contributed by atoms with Crippen molar-refractivity contribution in [1.82, 2.24) is 4.90 Å². The van der Waals surface area contributed by atoms with Gasteiger partial charge in [-0.15, -0.1) is 0 Å². The van der Waals surface area contributed by atoms with Crippen molar-refractivity contribution >= 4 is 35.2 Å². The van der Waals surface area contributed by atoms with Crippen LogP contribution in [0.5, 0.6) is 0 Å². The highest BCUT2D eigenvalue weighted by Gasteiger charge is 2.36. The van der Waals surface area contributed by atoms with Crippen molar-refractivity contribution in [3.63, 3.8) is 0 Å². The number of anilines is 1. The summed E-state index contributed by atoms with van der Waals surface area (Å²) in [5.41, 5.74) is 0.660. The Balaban J connectivity index is 1.56. The summed E-state index contributed by atoms with van der Waals surface area (Å²) in [6, 6.07) is 13.6. The minimum atomic E-state index is -2.63. The number of amides is 3. The molecule has 0 fully saturated rings. The number of furan rings is 1. The molecule has 0 atom stereocenters. The summed E-state index contributed by atoms with van der Waals surface area (Å²) in [5, 5.41) is 2.58. The van der Waals surface area contributed by atoms with Crippen LogP contribution in [0.2, 0.25) is 0 Å². The number of fused-ring (bicyclic) bond motifs is 1. The Hall–Kier alpha value is -3.46. The fourth-order valence-corrected chi connectivity index (χ4v) is 3.69. The maximum Gasteiger partial charge on any atom is 0.288 e. The second kappa shape index (κ2) is 8.11. The van der Waals surface area contributed by atoms with Gasteiger partial charge >= 0.3 is 0 Å². The van der Waals surface area contributed by atoms with E-state index in [0.717, 1.165) is 4.90 Å². The molecule has 1 aromatic heterocycles. The van der Waals surface area contributed by atoms with Crippen LogP contribution in [0, 0.1) is 0 Å². The van der Waals surface area contributed by atoms with Crippen LogP contribution in [0.25, 0.3) is 0 Å². The summed E-state index contributed by atoms with van der Waals surface area (Å²) in [7, 11) is 0. The van der Waals surface area contributed by atoms with Crippen molar-refractivity contribution in [3.05, 3.63) is 83.3 Å². The normalized spacial score (nSPS) is 13.1. The first-order valence-electron chi connectivity index (χ1n) is 8.82. The number of para-hydroxylation sites is 1. The van der Waals surface area contributed by atoms with Crippen molar-refractivity contribution < 1.29 is 27.6 Å². The van der Waals surface area contributed by atoms with E-state index in [0.29, 0.717) is 17.5 Å². The largest absolute Gasteiger partial charge is 0.467 e. The van der Waals surface area contributed by atoms with Gasteiger partial charge in [-0.2, -0.15) is 8.78 Å². The molecule has 3 aromatic rings. The highest BCUT2D eigenvalue weighted by Crippen LogP contribution is 2.32. The summed E-state index contributed by atoms with van der Waals surface area (Å²) >= 11 is 0.323. The predicted molar refractivity (Wildman–Crippen MR) is 106 cm³/mol. The van der Waals surface area contributed by atoms with Gasteiger partial charge in [0.25, 0.3) is 23.5 Å². The predicted octanol–water partition coefficient (Wildman–Crippen LogP) is 4.64. The van der Waals surface area contributed by atoms with Gasteiger partial charge in [0.1, 0.15) is 5.76 Å². The van der Waals surface area contributed by atoms with Gasteiger partial charge in [0.2, 0.25) is 0 Å². The first kappa shape index (κ1) is 19.8. The number of alkyl halides is 2. The van der Waals surface area contributed by atoms with E-state index in [1.165, 1.54) is 36.6 Å². The van der Waals surface area contributed by atoms with Gasteiger partial charge in [-0.05, 0) is 42.5 Å². The number of nitrogens with one attached hydrogen (secondary N) is 1. The van der Waals surface area contributed by atoms with Gasteiger partial charge < -0.3 is 9.73 Å². The standard InChI is InChI=1S/C21H14F2N2O4S/c22-21(23)30-17-6-2-1-5-16(17)24-18(26)12-7-8-14-15(10-12)20(28)25(19(14)27)11-13-4-3-9-29-13/h1-10,21H,11H2,(H,24,26). The SMILES string of the molecule is O=C(Nc1ccccc1SC(F)F)c1ccc2c(c1)C(=O)N(Cc1ccco1)C2=O. The number of hydrogen-bond donors (Lipinski definition) is 1. The smallest absolute Gasteiger partial charge is 0.288 e. The minimum absolute atomic E-state index is 0.0148. The summed E-state index contributed by atoms with van der Waals surface area (Å²) in [5.74, 6) is -3.76. The second-order valence-corrected chi connectivity index (χ2v) is 7.40. The summed E-state index contributed by atoms with van der Waals surface area (Å²) < 4.78 is 30.7. The molecule has 1 aliphatic heterocycles. The molecule has 0 saturated carbocycles. The number of rotatable bonds is 6. The van der Waals surface area contributed by atoms with Gasteiger partial charge in [-0.3, -0.25) is 19.3 Å². The summed E-state index contributed by atoms with van der Waals surface area (Å²) in [4.78, 5) is 39.1. The molecule has 0 radical (unpaired) electrons. The molecule has 3 amide bonds. The third-order valence-corrected chi connectivity index (χ3v) is 5.27. The molecule has 4 rings (SSSR count). The van der Waals surface area contributed by atoms with Crippen molar-refractivity contribution in [1.29, 1.82) is 0 Å². The number of carbonyl (C=O) groups excluding carboxylic acids is 3. The molecule has 0 spiro atoms. The van der Waals surface area contributed by atoms with Crippen molar-refractivity contribution in [2.45, 2.75) is 17.2 Å². The number of hydrogen-bond acceptors (Lipinski definition) is 5. The zero-order chi connectivity index (χ0) is 21.3. The molecule has 0 bridgehead atoms. The van der Waals surface area contributed by atoms with E-state index in [2.05, 4.69) is 5.32 Å². The van der Waals surface area contributed by atoms with Crippen LogP contribution in [0.3, 0.4) is 0 Å². The monoisotopic (exact) mass is 428 g/mol. The van der Waals surface area contributed by atoms with Gasteiger partial charge in [0.15, 0.2) is 0 Å². The second-order valence-electron chi connectivity index (χ2n) is 6.36. The zero-order valence-electron chi connectivity index (χ0n) is 15.3. The topological polar surface area (TPSA) is 79.6 Å². The number of imide groups is 1. The highest BCUT2D eigenvalue weighted by atomic mass is 32.2. The highest BCUT2D eigenvalue weighted by molar-refractivity contribution is 7.99. The van der Waals surface area contributed by atoms with E-state index >= 15 is 0 Å². The van der Waals surface area contributed by atoms with E-state index in [9.17, 15) is 23.2 Å². The molecule has 152 valence electrons. The lowest BCUT2D eigenvalue weighted by atomic mass is 10.1. The summed E-state index contributed by atoms with van der Waals surface area (Å²) in [6.45, 7) is -0.0148. The van der Waals surface area contributed by atoms with Crippen LogP contribution < -0.4 is 5.32 Å². The van der Waals surface area contributed by atoms with Gasteiger partial charge in [-0.25, -0.2) is 0 Å². The molecule has 0 aliphatic carbocycles. The molecule has 9 heteroatoms. The van der Waals surface area contributed by atoms with Crippen LogP contribution in [0.4, 0.5) is 14.5 Å². The van der Waals surface area contributed by atoms with E-state index in [1.807, 2.05) is 0 Å². The minimum Gasteiger partial charge on any atom is -0.467 e. The van der Waals surface area contributed by atoms with Gasteiger partial charge in [0, 0.05) is 10.5 Å². The van der Waals surface area contributed by atoms with Crippen molar-refractivity contribution in [2.24, 2.45) is 0 Å². The molecule has 1 N–H and O–H groups in total. The number of nitrogens with zero attached hydrogens (tertiary/aromatic N) is 1. The molecule has 6 nitrogen and oxygen atoms in total. The van der Waals surface area contributed by atoms with E-state index < -0.39 is 23.5 Å². The number of carbonyl (C=O) groups is 3. The van der Waals surface area contributed by atoms with E-state index in [-0.39, 0.29) is 33.8 Å². The van der Waals surface area contributed by atoms with Crippen LogP contribution in [0.1, 0.15) is 36.8 Å².